The number of benzene rings is 2. The molecule has 5 heteroatoms. The summed E-state index contributed by atoms with van der Waals surface area (Å²) in [6, 6.07) is 10.1. The summed E-state index contributed by atoms with van der Waals surface area (Å²) in [5.41, 5.74) is 2.20. The van der Waals surface area contributed by atoms with Crippen LogP contribution in [-0.4, -0.2) is 9.97 Å². The Hall–Kier alpha value is -2.46. The van der Waals surface area contributed by atoms with Gasteiger partial charge in [0.15, 0.2) is 16.8 Å². The van der Waals surface area contributed by atoms with Crippen LogP contribution in [0.3, 0.4) is 0 Å². The number of nitrogens with zero attached hydrogens (tertiary/aromatic N) is 2. The highest BCUT2D eigenvalue weighted by Crippen LogP contribution is 2.29. The summed E-state index contributed by atoms with van der Waals surface area (Å²) in [7, 11) is 0. The van der Waals surface area contributed by atoms with Gasteiger partial charge in [0.1, 0.15) is 16.7 Å². The Morgan fingerprint density at radius 2 is 2.05 bits per heavy atom. The number of aromatic nitrogens is 2. The molecule has 1 aliphatic heterocycles. The Balaban J connectivity index is 2.26. The van der Waals surface area contributed by atoms with Gasteiger partial charge in [-0.2, -0.15) is 0 Å². The SMILES string of the molecule is O=c1cc2oc3ccc(Cl)cc3nc-2c2ncccc12. The van der Waals surface area contributed by atoms with Gasteiger partial charge >= 0.3 is 0 Å². The van der Waals surface area contributed by atoms with Gasteiger partial charge in [-0.3, -0.25) is 9.78 Å². The normalized spacial score (nSPS) is 11.4. The molecule has 0 fully saturated rings. The highest BCUT2D eigenvalue weighted by molar-refractivity contribution is 6.31. The number of halogens is 1. The highest BCUT2D eigenvalue weighted by atomic mass is 35.5. The summed E-state index contributed by atoms with van der Waals surface area (Å²) in [5.74, 6) is 0.427. The van der Waals surface area contributed by atoms with E-state index in [-0.39, 0.29) is 5.43 Å². The molecule has 0 saturated carbocycles. The van der Waals surface area contributed by atoms with Gasteiger partial charge in [-0.15, -0.1) is 0 Å². The second-order valence-corrected chi connectivity index (χ2v) is 4.88. The van der Waals surface area contributed by atoms with Crippen molar-refractivity contribution in [1.82, 2.24) is 9.97 Å². The Morgan fingerprint density at radius 3 is 2.95 bits per heavy atom. The fourth-order valence-electron chi connectivity index (χ4n) is 2.26. The molecule has 4 nitrogen and oxygen atoms in total. The maximum Gasteiger partial charge on any atom is 0.191 e. The Labute approximate surface area is 118 Å². The lowest BCUT2D eigenvalue weighted by atomic mass is 10.1. The smallest absolute Gasteiger partial charge is 0.191 e. The molecule has 1 aromatic carbocycles. The van der Waals surface area contributed by atoms with Crippen LogP contribution in [-0.2, 0) is 0 Å². The van der Waals surface area contributed by atoms with Crippen molar-refractivity contribution in [2.75, 3.05) is 0 Å². The number of fused-ring (bicyclic) bond motifs is 4. The lowest BCUT2D eigenvalue weighted by Crippen LogP contribution is -2.04. The average Bonchev–Trinajstić information content (AvgIpc) is 2.46. The predicted molar refractivity (Wildman–Crippen MR) is 77.2 cm³/mol. The summed E-state index contributed by atoms with van der Waals surface area (Å²) in [5, 5.41) is 1.11. The van der Waals surface area contributed by atoms with Crippen molar-refractivity contribution in [3.05, 3.63) is 57.8 Å². The predicted octanol–water partition coefficient (Wildman–Crippen LogP) is 3.49. The van der Waals surface area contributed by atoms with Gasteiger partial charge in [-0.1, -0.05) is 11.6 Å². The molecule has 4 rings (SSSR count). The molecule has 0 N–H and O–H groups in total. The lowest BCUT2D eigenvalue weighted by molar-refractivity contribution is 0.613. The van der Waals surface area contributed by atoms with E-state index in [1.165, 1.54) is 6.07 Å². The van der Waals surface area contributed by atoms with Crippen LogP contribution in [0.4, 0.5) is 0 Å². The van der Waals surface area contributed by atoms with E-state index in [0.29, 0.717) is 38.5 Å². The highest BCUT2D eigenvalue weighted by Gasteiger charge is 2.16. The van der Waals surface area contributed by atoms with Crippen LogP contribution in [0.5, 0.6) is 0 Å². The molecule has 0 saturated heterocycles. The van der Waals surface area contributed by atoms with Gasteiger partial charge in [-0.05, 0) is 30.3 Å². The minimum Gasteiger partial charge on any atom is -0.453 e. The van der Waals surface area contributed by atoms with Gasteiger partial charge in [0.25, 0.3) is 0 Å². The van der Waals surface area contributed by atoms with E-state index >= 15 is 0 Å². The number of hydrogen-bond acceptors (Lipinski definition) is 4. The first kappa shape index (κ1) is 11.4. The van der Waals surface area contributed by atoms with E-state index < -0.39 is 0 Å². The summed E-state index contributed by atoms with van der Waals surface area (Å²) in [4.78, 5) is 20.8. The topological polar surface area (TPSA) is 56.0 Å². The van der Waals surface area contributed by atoms with Crippen LogP contribution in [0.25, 0.3) is 33.5 Å². The van der Waals surface area contributed by atoms with E-state index in [4.69, 9.17) is 16.0 Å². The van der Waals surface area contributed by atoms with Gasteiger partial charge in [-0.25, -0.2) is 4.98 Å². The first-order chi connectivity index (χ1) is 9.72. The minimum atomic E-state index is -0.125. The van der Waals surface area contributed by atoms with Crippen molar-refractivity contribution < 1.29 is 4.42 Å². The second kappa shape index (κ2) is 4.02. The molecule has 96 valence electrons. The Morgan fingerprint density at radius 1 is 1.15 bits per heavy atom. The molecule has 2 aliphatic rings. The molecule has 20 heavy (non-hydrogen) atoms. The maximum absolute atomic E-state index is 12.0. The first-order valence-electron chi connectivity index (χ1n) is 6.00. The van der Waals surface area contributed by atoms with Crippen molar-refractivity contribution >= 4 is 33.6 Å². The number of hydrogen-bond donors (Lipinski definition) is 0. The molecule has 0 bridgehead atoms. The summed E-state index contributed by atoms with van der Waals surface area (Å²) in [6.45, 7) is 0. The van der Waals surface area contributed by atoms with Crippen molar-refractivity contribution in [2.24, 2.45) is 0 Å². The van der Waals surface area contributed by atoms with Crippen molar-refractivity contribution in [3.8, 4) is 11.5 Å². The molecule has 1 aromatic heterocycles. The van der Waals surface area contributed by atoms with Crippen LogP contribution >= 0.6 is 11.6 Å². The van der Waals surface area contributed by atoms with Gasteiger partial charge in [0, 0.05) is 17.3 Å². The molecule has 0 amide bonds. The van der Waals surface area contributed by atoms with E-state index in [0.717, 1.165) is 0 Å². The molecule has 0 atom stereocenters. The van der Waals surface area contributed by atoms with Gasteiger partial charge < -0.3 is 4.42 Å². The van der Waals surface area contributed by atoms with E-state index in [9.17, 15) is 4.79 Å². The molecular weight excluding hydrogens is 276 g/mol. The molecule has 0 spiro atoms. The largest absolute Gasteiger partial charge is 0.453 e. The van der Waals surface area contributed by atoms with Crippen LogP contribution in [0, 0.1) is 0 Å². The molecule has 1 aliphatic carbocycles. The standard InChI is InChI=1S/C15H7ClN2O2/c16-8-3-4-12-10(6-8)18-15-13(20-12)7-11(19)9-2-1-5-17-14(9)15/h1-7H. The Kier molecular flexibility index (Phi) is 2.28. The molecule has 0 radical (unpaired) electrons. The van der Waals surface area contributed by atoms with Crippen LogP contribution in [0.1, 0.15) is 0 Å². The third-order valence-corrected chi connectivity index (χ3v) is 3.40. The van der Waals surface area contributed by atoms with Crippen LogP contribution < -0.4 is 5.43 Å². The van der Waals surface area contributed by atoms with Crippen LogP contribution in [0.15, 0.2) is 51.8 Å². The fraction of sp³-hybridized carbons (Fsp3) is 0. The lowest BCUT2D eigenvalue weighted by Gasteiger charge is -2.08. The maximum atomic E-state index is 12.0. The zero-order chi connectivity index (χ0) is 13.7. The fourth-order valence-corrected chi connectivity index (χ4v) is 2.43. The average molecular weight is 283 g/mol. The Bertz CT molecular complexity index is 994. The van der Waals surface area contributed by atoms with Crippen molar-refractivity contribution in [1.29, 1.82) is 0 Å². The monoisotopic (exact) mass is 282 g/mol. The quantitative estimate of drug-likeness (QED) is 0.366. The van der Waals surface area contributed by atoms with Crippen LogP contribution in [0.2, 0.25) is 5.02 Å². The molecule has 2 heterocycles. The number of pyridine rings is 1. The van der Waals surface area contributed by atoms with E-state index in [1.807, 2.05) is 0 Å². The zero-order valence-electron chi connectivity index (χ0n) is 10.1. The second-order valence-electron chi connectivity index (χ2n) is 4.45. The summed E-state index contributed by atoms with van der Waals surface area (Å²) in [6.07, 6.45) is 1.63. The zero-order valence-corrected chi connectivity index (χ0v) is 10.9. The van der Waals surface area contributed by atoms with Gasteiger partial charge in [0.2, 0.25) is 0 Å². The molecular formula is C15H7ClN2O2. The van der Waals surface area contributed by atoms with Crippen molar-refractivity contribution in [3.63, 3.8) is 0 Å². The summed E-state index contributed by atoms with van der Waals surface area (Å²) >= 11 is 5.97. The number of rotatable bonds is 0. The van der Waals surface area contributed by atoms with Gasteiger partial charge in [0.05, 0.1) is 5.39 Å². The first-order valence-corrected chi connectivity index (χ1v) is 6.38. The summed E-state index contributed by atoms with van der Waals surface area (Å²) < 4.78 is 5.73. The van der Waals surface area contributed by atoms with E-state index in [2.05, 4.69) is 9.97 Å². The molecule has 2 aromatic rings. The van der Waals surface area contributed by atoms with E-state index in [1.54, 1.807) is 36.5 Å². The van der Waals surface area contributed by atoms with Crippen molar-refractivity contribution in [2.45, 2.75) is 0 Å². The third-order valence-electron chi connectivity index (χ3n) is 3.17. The minimum absolute atomic E-state index is 0.125. The third kappa shape index (κ3) is 1.58. The molecule has 0 unspecified atom stereocenters.